The molecule has 0 N–H and O–H groups in total. The maximum atomic E-state index is 13.0. The van der Waals surface area contributed by atoms with Gasteiger partial charge in [-0.05, 0) is 36.2 Å². The van der Waals surface area contributed by atoms with E-state index < -0.39 is 0 Å². The minimum atomic E-state index is 0.0161. The Balaban J connectivity index is 1.44. The molecule has 0 aliphatic carbocycles. The third kappa shape index (κ3) is 4.02. The highest BCUT2D eigenvalue weighted by Crippen LogP contribution is 2.22. The van der Waals surface area contributed by atoms with Crippen molar-refractivity contribution in [3.8, 4) is 0 Å². The molecule has 146 valence electrons. The first-order valence-corrected chi connectivity index (χ1v) is 9.80. The summed E-state index contributed by atoms with van der Waals surface area (Å²) in [7, 11) is 0. The van der Waals surface area contributed by atoms with E-state index in [-0.39, 0.29) is 11.9 Å². The first kappa shape index (κ1) is 18.5. The maximum Gasteiger partial charge on any atom is 0.324 e. The van der Waals surface area contributed by atoms with Crippen molar-refractivity contribution in [2.45, 2.75) is 13.0 Å². The predicted molar refractivity (Wildman–Crippen MR) is 107 cm³/mol. The van der Waals surface area contributed by atoms with Crippen LogP contribution in [-0.4, -0.2) is 61.1 Å². The molecule has 6 heteroatoms. The summed E-state index contributed by atoms with van der Waals surface area (Å²) in [5.41, 5.74) is 2.61. The smallest absolute Gasteiger partial charge is 0.324 e. The SMILES string of the molecule is O=C(c1ccc(N2CCCN(Cc3ccccc3)C2=O)cc1)N1CCOCC1. The van der Waals surface area contributed by atoms with Crippen LogP contribution in [0.4, 0.5) is 10.5 Å². The van der Waals surface area contributed by atoms with Crippen LogP contribution in [0.3, 0.4) is 0 Å². The van der Waals surface area contributed by atoms with Gasteiger partial charge in [0.05, 0.1) is 13.2 Å². The van der Waals surface area contributed by atoms with Crippen LogP contribution >= 0.6 is 0 Å². The molecule has 2 fully saturated rings. The minimum Gasteiger partial charge on any atom is -0.378 e. The summed E-state index contributed by atoms with van der Waals surface area (Å²) in [6.07, 6.45) is 0.924. The quantitative estimate of drug-likeness (QED) is 0.821. The van der Waals surface area contributed by atoms with Gasteiger partial charge in [0.15, 0.2) is 0 Å². The number of carbonyl (C=O) groups excluding carboxylic acids is 2. The maximum absolute atomic E-state index is 13.0. The highest BCUT2D eigenvalue weighted by atomic mass is 16.5. The van der Waals surface area contributed by atoms with E-state index in [1.54, 1.807) is 4.90 Å². The normalized spacial score (nSPS) is 17.7. The number of carbonyl (C=O) groups is 2. The van der Waals surface area contributed by atoms with Gasteiger partial charge < -0.3 is 14.5 Å². The second-order valence-electron chi connectivity index (χ2n) is 7.15. The molecule has 2 aromatic carbocycles. The van der Waals surface area contributed by atoms with Crippen LogP contribution in [0.1, 0.15) is 22.3 Å². The number of hydrogen-bond donors (Lipinski definition) is 0. The van der Waals surface area contributed by atoms with E-state index in [1.165, 1.54) is 0 Å². The van der Waals surface area contributed by atoms with Crippen molar-refractivity contribution in [3.05, 3.63) is 65.7 Å². The number of hydrogen-bond acceptors (Lipinski definition) is 3. The van der Waals surface area contributed by atoms with Crippen molar-refractivity contribution >= 4 is 17.6 Å². The fourth-order valence-electron chi connectivity index (χ4n) is 3.70. The number of anilines is 1. The highest BCUT2D eigenvalue weighted by molar-refractivity contribution is 5.96. The summed E-state index contributed by atoms with van der Waals surface area (Å²) in [4.78, 5) is 31.0. The van der Waals surface area contributed by atoms with E-state index in [0.717, 1.165) is 24.2 Å². The molecule has 2 aliphatic rings. The fraction of sp³-hybridized carbons (Fsp3) is 0.364. The monoisotopic (exact) mass is 379 g/mol. The molecule has 2 aromatic rings. The van der Waals surface area contributed by atoms with Gasteiger partial charge in [-0.15, -0.1) is 0 Å². The van der Waals surface area contributed by atoms with E-state index >= 15 is 0 Å². The molecule has 0 bridgehead atoms. The molecule has 28 heavy (non-hydrogen) atoms. The van der Waals surface area contributed by atoms with E-state index in [4.69, 9.17) is 4.74 Å². The Labute approximate surface area is 165 Å². The highest BCUT2D eigenvalue weighted by Gasteiger charge is 2.27. The lowest BCUT2D eigenvalue weighted by molar-refractivity contribution is 0.0303. The Morgan fingerprint density at radius 2 is 1.61 bits per heavy atom. The van der Waals surface area contributed by atoms with Crippen LogP contribution in [0.15, 0.2) is 54.6 Å². The van der Waals surface area contributed by atoms with E-state index in [1.807, 2.05) is 64.4 Å². The molecule has 2 aliphatic heterocycles. The van der Waals surface area contributed by atoms with Crippen LogP contribution in [0.2, 0.25) is 0 Å². The summed E-state index contributed by atoms with van der Waals surface area (Å²) in [5.74, 6) is 0.0190. The van der Waals surface area contributed by atoms with Crippen molar-refractivity contribution in [2.24, 2.45) is 0 Å². The van der Waals surface area contributed by atoms with Crippen LogP contribution in [0.25, 0.3) is 0 Å². The third-order valence-electron chi connectivity index (χ3n) is 5.25. The zero-order valence-electron chi connectivity index (χ0n) is 15.9. The van der Waals surface area contributed by atoms with Crippen LogP contribution in [0, 0.1) is 0 Å². The average molecular weight is 379 g/mol. The minimum absolute atomic E-state index is 0.0161. The van der Waals surface area contributed by atoms with Crippen molar-refractivity contribution in [1.82, 2.24) is 9.80 Å². The van der Waals surface area contributed by atoms with Gasteiger partial charge in [-0.1, -0.05) is 30.3 Å². The standard InChI is InChI=1S/C22H25N3O3/c26-21(23-13-15-28-16-14-23)19-7-9-20(10-8-19)25-12-4-11-24(22(25)27)17-18-5-2-1-3-6-18/h1-3,5-10H,4,11-17H2. The van der Waals surface area contributed by atoms with Gasteiger partial charge in [-0.25, -0.2) is 4.79 Å². The molecule has 2 saturated heterocycles. The van der Waals surface area contributed by atoms with Gasteiger partial charge in [0, 0.05) is 44.0 Å². The van der Waals surface area contributed by atoms with Crippen molar-refractivity contribution in [3.63, 3.8) is 0 Å². The molecule has 0 spiro atoms. The van der Waals surface area contributed by atoms with Crippen molar-refractivity contribution in [2.75, 3.05) is 44.3 Å². The van der Waals surface area contributed by atoms with E-state index in [9.17, 15) is 9.59 Å². The molecule has 2 heterocycles. The molecule has 0 saturated carbocycles. The molecule has 0 radical (unpaired) electrons. The van der Waals surface area contributed by atoms with Gasteiger partial charge in [0.1, 0.15) is 0 Å². The summed E-state index contributed by atoms with van der Waals surface area (Å²) in [6.45, 7) is 4.49. The molecule has 6 nitrogen and oxygen atoms in total. The number of ether oxygens (including phenoxy) is 1. The predicted octanol–water partition coefficient (Wildman–Crippen LogP) is 2.99. The van der Waals surface area contributed by atoms with Gasteiger partial charge in [0.25, 0.3) is 5.91 Å². The Kier molecular flexibility index (Phi) is 5.58. The summed E-state index contributed by atoms with van der Waals surface area (Å²) >= 11 is 0. The second-order valence-corrected chi connectivity index (χ2v) is 7.15. The molecular weight excluding hydrogens is 354 g/mol. The fourth-order valence-corrected chi connectivity index (χ4v) is 3.70. The average Bonchev–Trinajstić information content (AvgIpc) is 2.76. The molecule has 4 rings (SSSR count). The Bertz CT molecular complexity index is 817. The lowest BCUT2D eigenvalue weighted by Gasteiger charge is -2.35. The number of urea groups is 1. The van der Waals surface area contributed by atoms with Crippen molar-refractivity contribution in [1.29, 1.82) is 0 Å². The molecule has 0 atom stereocenters. The van der Waals surface area contributed by atoms with Gasteiger partial charge >= 0.3 is 6.03 Å². The first-order valence-electron chi connectivity index (χ1n) is 9.80. The Hall–Kier alpha value is -2.86. The molecular formula is C22H25N3O3. The number of morpholine rings is 1. The number of nitrogens with zero attached hydrogens (tertiary/aromatic N) is 3. The largest absolute Gasteiger partial charge is 0.378 e. The van der Waals surface area contributed by atoms with E-state index in [2.05, 4.69) is 0 Å². The molecule has 0 aromatic heterocycles. The zero-order chi connectivity index (χ0) is 19.3. The number of rotatable bonds is 4. The van der Waals surface area contributed by atoms with Crippen LogP contribution in [0.5, 0.6) is 0 Å². The van der Waals surface area contributed by atoms with Gasteiger partial charge in [-0.3, -0.25) is 9.69 Å². The first-order chi connectivity index (χ1) is 13.7. The second kappa shape index (κ2) is 8.44. The van der Waals surface area contributed by atoms with Gasteiger partial charge in [-0.2, -0.15) is 0 Å². The summed E-state index contributed by atoms with van der Waals surface area (Å²) in [6, 6.07) is 17.4. The van der Waals surface area contributed by atoms with E-state index in [0.29, 0.717) is 45.0 Å². The van der Waals surface area contributed by atoms with Crippen LogP contribution < -0.4 is 4.90 Å². The topological polar surface area (TPSA) is 53.1 Å². The lowest BCUT2D eigenvalue weighted by atomic mass is 10.1. The number of amides is 3. The number of benzene rings is 2. The lowest BCUT2D eigenvalue weighted by Crippen LogP contribution is -2.49. The third-order valence-corrected chi connectivity index (χ3v) is 5.25. The van der Waals surface area contributed by atoms with Gasteiger partial charge in [0.2, 0.25) is 0 Å². The zero-order valence-corrected chi connectivity index (χ0v) is 15.9. The van der Waals surface area contributed by atoms with Crippen molar-refractivity contribution < 1.29 is 14.3 Å². The summed E-state index contributed by atoms with van der Waals surface area (Å²) in [5, 5.41) is 0. The summed E-state index contributed by atoms with van der Waals surface area (Å²) < 4.78 is 5.31. The Morgan fingerprint density at radius 3 is 2.32 bits per heavy atom. The molecule has 0 unspecified atom stereocenters. The van der Waals surface area contributed by atoms with Crippen LogP contribution in [-0.2, 0) is 11.3 Å². The molecule has 3 amide bonds. The Morgan fingerprint density at radius 1 is 0.893 bits per heavy atom.